The zero-order valence-electron chi connectivity index (χ0n) is 17.1. The van der Waals surface area contributed by atoms with Crippen molar-refractivity contribution >= 4 is 35.0 Å². The molecule has 0 saturated carbocycles. The molecular weight excluding hydrogens is 451 g/mol. The number of nitrogens with one attached hydrogen (secondary N) is 1. The number of rotatable bonds is 6. The minimum atomic E-state index is -4.44. The van der Waals surface area contributed by atoms with Crippen LogP contribution in [-0.2, 0) is 20.5 Å². The van der Waals surface area contributed by atoms with Crippen molar-refractivity contribution in [1.29, 1.82) is 0 Å². The van der Waals surface area contributed by atoms with Crippen LogP contribution < -0.4 is 15.0 Å². The number of piperidine rings is 1. The lowest BCUT2D eigenvalue weighted by Crippen LogP contribution is -2.38. The molecular formula is C21H21ClF3N3O4. The van der Waals surface area contributed by atoms with E-state index in [4.69, 9.17) is 21.1 Å². The van der Waals surface area contributed by atoms with E-state index in [0.29, 0.717) is 48.2 Å². The molecule has 1 aliphatic heterocycles. The van der Waals surface area contributed by atoms with Gasteiger partial charge in [0.25, 0.3) is 5.91 Å². The number of alkyl halides is 3. The van der Waals surface area contributed by atoms with Crippen LogP contribution in [0.25, 0.3) is 0 Å². The zero-order valence-corrected chi connectivity index (χ0v) is 17.9. The quantitative estimate of drug-likeness (QED) is 0.637. The Balaban J connectivity index is 1.44. The summed E-state index contributed by atoms with van der Waals surface area (Å²) in [5, 5.41) is 2.91. The highest BCUT2D eigenvalue weighted by Gasteiger charge is 2.31. The summed E-state index contributed by atoms with van der Waals surface area (Å²) in [6, 6.07) is 7.03. The number of pyridine rings is 1. The first-order valence-electron chi connectivity index (χ1n) is 9.75. The van der Waals surface area contributed by atoms with E-state index in [1.54, 1.807) is 12.1 Å². The largest absolute Gasteiger partial charge is 0.495 e. The number of benzene rings is 1. The number of anilines is 2. The molecule has 0 unspecified atom stereocenters. The molecule has 1 N–H and O–H groups in total. The fraction of sp³-hybridized carbons (Fsp3) is 0.381. The Morgan fingerprint density at radius 1 is 1.22 bits per heavy atom. The molecule has 2 aromatic rings. The lowest BCUT2D eigenvalue weighted by molar-refractivity contribution is -0.152. The Morgan fingerprint density at radius 2 is 1.94 bits per heavy atom. The molecule has 172 valence electrons. The van der Waals surface area contributed by atoms with Crippen molar-refractivity contribution < 1.29 is 32.2 Å². The Labute approximate surface area is 187 Å². The fourth-order valence-electron chi connectivity index (χ4n) is 3.28. The standard InChI is InChI=1S/C21H21ClF3N3O4/c1-31-17-4-3-15(10-16(17)22)27-19(29)12-32-20(30)13-6-8-28(9-7-13)18-5-2-14(11-26-18)21(23,24)25/h2-5,10-11,13H,6-9,12H2,1H3,(H,27,29). The molecule has 1 fully saturated rings. The van der Waals surface area contributed by atoms with Gasteiger partial charge >= 0.3 is 12.1 Å². The van der Waals surface area contributed by atoms with Gasteiger partial charge in [-0.05, 0) is 43.2 Å². The van der Waals surface area contributed by atoms with Crippen molar-refractivity contribution in [2.45, 2.75) is 19.0 Å². The minimum absolute atomic E-state index is 0.330. The van der Waals surface area contributed by atoms with Crippen LogP contribution in [0.5, 0.6) is 5.75 Å². The normalized spacial score (nSPS) is 14.7. The predicted molar refractivity (Wildman–Crippen MR) is 112 cm³/mol. The number of halogens is 4. The smallest absolute Gasteiger partial charge is 0.417 e. The van der Waals surface area contributed by atoms with Crippen molar-refractivity contribution in [1.82, 2.24) is 4.98 Å². The van der Waals surface area contributed by atoms with Gasteiger partial charge in [-0.25, -0.2) is 4.98 Å². The van der Waals surface area contributed by atoms with Crippen LogP contribution in [0.2, 0.25) is 5.02 Å². The molecule has 2 heterocycles. The highest BCUT2D eigenvalue weighted by atomic mass is 35.5. The molecule has 7 nitrogen and oxygen atoms in total. The van der Waals surface area contributed by atoms with Crippen LogP contribution in [0, 0.1) is 5.92 Å². The van der Waals surface area contributed by atoms with Crippen LogP contribution >= 0.6 is 11.6 Å². The van der Waals surface area contributed by atoms with Crippen molar-refractivity contribution in [3.05, 3.63) is 47.1 Å². The van der Waals surface area contributed by atoms with Gasteiger partial charge < -0.3 is 19.7 Å². The molecule has 1 aromatic carbocycles. The van der Waals surface area contributed by atoms with E-state index in [9.17, 15) is 22.8 Å². The Kier molecular flexibility index (Phi) is 7.44. The number of amides is 1. The van der Waals surface area contributed by atoms with Gasteiger partial charge in [0, 0.05) is 25.0 Å². The van der Waals surface area contributed by atoms with Crippen molar-refractivity contribution in [3.63, 3.8) is 0 Å². The van der Waals surface area contributed by atoms with Crippen LogP contribution in [0.1, 0.15) is 18.4 Å². The first-order valence-corrected chi connectivity index (χ1v) is 10.1. The lowest BCUT2D eigenvalue weighted by Gasteiger charge is -2.31. The number of methoxy groups -OCH3 is 1. The maximum Gasteiger partial charge on any atom is 0.417 e. The van der Waals surface area contributed by atoms with Gasteiger partial charge in [-0.3, -0.25) is 9.59 Å². The summed E-state index contributed by atoms with van der Waals surface area (Å²) in [5.41, 5.74) is -0.371. The van der Waals surface area contributed by atoms with Crippen molar-refractivity contribution in [2.75, 3.05) is 37.0 Å². The maximum atomic E-state index is 12.7. The van der Waals surface area contributed by atoms with E-state index in [-0.39, 0.29) is 0 Å². The summed E-state index contributed by atoms with van der Waals surface area (Å²) in [5.74, 6) is -0.515. The molecule has 1 aromatic heterocycles. The third kappa shape index (κ3) is 6.03. The molecule has 0 atom stereocenters. The molecule has 1 aliphatic rings. The highest BCUT2D eigenvalue weighted by Crippen LogP contribution is 2.30. The third-order valence-corrected chi connectivity index (χ3v) is 5.30. The SMILES string of the molecule is COc1ccc(NC(=O)COC(=O)C2CCN(c3ccc(C(F)(F)F)cn3)CC2)cc1Cl. The summed E-state index contributed by atoms with van der Waals surface area (Å²) in [6.07, 6.45) is -2.76. The third-order valence-electron chi connectivity index (χ3n) is 5.01. The molecule has 0 aliphatic carbocycles. The van der Waals surface area contributed by atoms with Crippen molar-refractivity contribution in [2.24, 2.45) is 5.92 Å². The van der Waals surface area contributed by atoms with Crippen molar-refractivity contribution in [3.8, 4) is 5.75 Å². The Hall–Kier alpha value is -3.01. The van der Waals surface area contributed by atoms with Gasteiger partial charge in [0.05, 0.1) is 23.6 Å². The average molecular weight is 472 g/mol. The number of carbonyl (C=O) groups excluding carboxylic acids is 2. The van der Waals surface area contributed by atoms with E-state index < -0.39 is 36.1 Å². The van der Waals surface area contributed by atoms with Crippen LogP contribution in [-0.4, -0.2) is 43.7 Å². The molecule has 0 spiro atoms. The number of esters is 1. The molecule has 0 bridgehead atoms. The topological polar surface area (TPSA) is 80.8 Å². The first kappa shape index (κ1) is 23.6. The summed E-state index contributed by atoms with van der Waals surface area (Å²) < 4.78 is 48.1. The molecule has 11 heteroatoms. The van der Waals surface area contributed by atoms with E-state index in [1.807, 2.05) is 4.90 Å². The van der Waals surface area contributed by atoms with Gasteiger partial charge in [-0.1, -0.05) is 11.6 Å². The number of aromatic nitrogens is 1. The second kappa shape index (κ2) is 10.1. The number of hydrogen-bond acceptors (Lipinski definition) is 6. The fourth-order valence-corrected chi connectivity index (χ4v) is 3.54. The van der Waals surface area contributed by atoms with Crippen LogP contribution in [0.3, 0.4) is 0 Å². The second-order valence-electron chi connectivity index (χ2n) is 7.17. The Morgan fingerprint density at radius 3 is 2.50 bits per heavy atom. The first-order chi connectivity index (χ1) is 15.2. The van der Waals surface area contributed by atoms with Crippen LogP contribution in [0.4, 0.5) is 24.7 Å². The van der Waals surface area contributed by atoms with Crippen LogP contribution in [0.15, 0.2) is 36.5 Å². The molecule has 3 rings (SSSR count). The summed E-state index contributed by atoms with van der Waals surface area (Å²) in [6.45, 7) is 0.437. The zero-order chi connectivity index (χ0) is 23.3. The number of ether oxygens (including phenoxy) is 2. The molecule has 0 radical (unpaired) electrons. The summed E-state index contributed by atoms with van der Waals surface area (Å²) in [7, 11) is 1.48. The summed E-state index contributed by atoms with van der Waals surface area (Å²) in [4.78, 5) is 30.0. The van der Waals surface area contributed by atoms with Gasteiger partial charge in [0.2, 0.25) is 0 Å². The van der Waals surface area contributed by atoms with E-state index >= 15 is 0 Å². The predicted octanol–water partition coefficient (Wildman–Crippen LogP) is 4.16. The number of hydrogen-bond donors (Lipinski definition) is 1. The van der Waals surface area contributed by atoms with E-state index in [2.05, 4.69) is 10.3 Å². The molecule has 1 amide bonds. The lowest BCUT2D eigenvalue weighted by atomic mass is 9.97. The summed E-state index contributed by atoms with van der Waals surface area (Å²) >= 11 is 6.01. The second-order valence-corrected chi connectivity index (χ2v) is 7.58. The van der Waals surface area contributed by atoms with E-state index in [1.165, 1.54) is 19.2 Å². The monoisotopic (exact) mass is 471 g/mol. The van der Waals surface area contributed by atoms with Gasteiger partial charge in [0.1, 0.15) is 11.6 Å². The highest BCUT2D eigenvalue weighted by molar-refractivity contribution is 6.32. The van der Waals surface area contributed by atoms with Gasteiger partial charge in [-0.2, -0.15) is 13.2 Å². The number of nitrogens with zero attached hydrogens (tertiary/aromatic N) is 2. The number of carbonyl (C=O) groups is 2. The van der Waals surface area contributed by atoms with E-state index in [0.717, 1.165) is 12.3 Å². The van der Waals surface area contributed by atoms with Gasteiger partial charge in [0.15, 0.2) is 6.61 Å². The molecule has 32 heavy (non-hydrogen) atoms. The maximum absolute atomic E-state index is 12.7. The Bertz CT molecular complexity index is 962. The van der Waals surface area contributed by atoms with Gasteiger partial charge in [-0.15, -0.1) is 0 Å². The molecule has 1 saturated heterocycles. The average Bonchev–Trinajstić information content (AvgIpc) is 2.77. The minimum Gasteiger partial charge on any atom is -0.495 e.